The van der Waals surface area contributed by atoms with Crippen LogP contribution in [0.4, 0.5) is 10.8 Å². The fraction of sp³-hybridized carbons (Fsp3) is 0. The summed E-state index contributed by atoms with van der Waals surface area (Å²) in [5.74, 6) is -0.288. The maximum absolute atomic E-state index is 12.0. The SMILES string of the molecule is Nc1cccc(-c2csc(NC(=O)c3cncnc3)n2)c1. The Kier molecular flexibility index (Phi) is 3.57. The summed E-state index contributed by atoms with van der Waals surface area (Å²) in [4.78, 5) is 24.0. The molecule has 0 unspecified atom stereocenters. The highest BCUT2D eigenvalue weighted by Gasteiger charge is 2.10. The molecule has 0 spiro atoms. The number of amides is 1. The van der Waals surface area contributed by atoms with Gasteiger partial charge in [-0.15, -0.1) is 11.3 Å². The predicted molar refractivity (Wildman–Crippen MR) is 81.9 cm³/mol. The highest BCUT2D eigenvalue weighted by Crippen LogP contribution is 2.26. The Morgan fingerprint density at radius 2 is 2.05 bits per heavy atom. The standard InChI is InChI=1S/C14H11N5OS/c15-11-3-1-2-9(4-11)12-7-21-14(18-12)19-13(20)10-5-16-8-17-6-10/h1-8H,15H2,(H,18,19,20). The summed E-state index contributed by atoms with van der Waals surface area (Å²) in [7, 11) is 0. The van der Waals surface area contributed by atoms with Gasteiger partial charge in [-0.05, 0) is 12.1 Å². The second kappa shape index (κ2) is 5.68. The third kappa shape index (κ3) is 3.03. The topological polar surface area (TPSA) is 93.8 Å². The number of thiazole rings is 1. The summed E-state index contributed by atoms with van der Waals surface area (Å²) in [6, 6.07) is 7.44. The highest BCUT2D eigenvalue weighted by molar-refractivity contribution is 7.14. The number of carbonyl (C=O) groups is 1. The number of benzene rings is 1. The quantitative estimate of drug-likeness (QED) is 0.724. The number of nitrogen functional groups attached to an aromatic ring is 1. The fourth-order valence-corrected chi connectivity index (χ4v) is 2.46. The normalized spacial score (nSPS) is 10.3. The van der Waals surface area contributed by atoms with Gasteiger partial charge < -0.3 is 5.73 Å². The predicted octanol–water partition coefficient (Wildman–Crippen LogP) is 2.43. The molecule has 0 saturated carbocycles. The molecule has 2 aromatic heterocycles. The zero-order valence-electron chi connectivity index (χ0n) is 10.9. The van der Waals surface area contributed by atoms with Crippen LogP contribution in [0, 0.1) is 0 Å². The van der Waals surface area contributed by atoms with Crippen LogP contribution in [-0.2, 0) is 0 Å². The summed E-state index contributed by atoms with van der Waals surface area (Å²) < 4.78 is 0. The van der Waals surface area contributed by atoms with Crippen LogP contribution >= 0.6 is 11.3 Å². The van der Waals surface area contributed by atoms with Crippen LogP contribution in [0.15, 0.2) is 48.4 Å². The lowest BCUT2D eigenvalue weighted by molar-refractivity contribution is 0.102. The van der Waals surface area contributed by atoms with E-state index in [4.69, 9.17) is 5.73 Å². The van der Waals surface area contributed by atoms with Gasteiger partial charge in [-0.2, -0.15) is 0 Å². The van der Waals surface area contributed by atoms with E-state index in [0.717, 1.165) is 11.3 Å². The summed E-state index contributed by atoms with van der Waals surface area (Å²) in [5, 5.41) is 5.10. The van der Waals surface area contributed by atoms with Gasteiger partial charge >= 0.3 is 0 Å². The molecule has 0 aliphatic heterocycles. The number of nitrogens with one attached hydrogen (secondary N) is 1. The molecule has 0 bridgehead atoms. The first-order chi connectivity index (χ1) is 10.2. The van der Waals surface area contributed by atoms with Crippen molar-refractivity contribution in [3.63, 3.8) is 0 Å². The van der Waals surface area contributed by atoms with Crippen molar-refractivity contribution in [2.75, 3.05) is 11.1 Å². The summed E-state index contributed by atoms with van der Waals surface area (Å²) in [6.07, 6.45) is 4.28. The first kappa shape index (κ1) is 13.2. The van der Waals surface area contributed by atoms with E-state index in [1.807, 2.05) is 29.6 Å². The van der Waals surface area contributed by atoms with Crippen LogP contribution in [0.2, 0.25) is 0 Å². The summed E-state index contributed by atoms with van der Waals surface area (Å²) in [6.45, 7) is 0. The van der Waals surface area contributed by atoms with E-state index in [9.17, 15) is 4.79 Å². The molecule has 0 aliphatic rings. The average Bonchev–Trinajstić information content (AvgIpc) is 2.97. The van der Waals surface area contributed by atoms with Crippen LogP contribution in [0.25, 0.3) is 11.3 Å². The van der Waals surface area contributed by atoms with Gasteiger partial charge in [0.25, 0.3) is 5.91 Å². The first-order valence-corrected chi connectivity index (χ1v) is 6.98. The van der Waals surface area contributed by atoms with Crippen molar-refractivity contribution in [1.29, 1.82) is 0 Å². The number of rotatable bonds is 3. The number of hydrogen-bond donors (Lipinski definition) is 2. The van der Waals surface area contributed by atoms with E-state index in [1.54, 1.807) is 0 Å². The number of hydrogen-bond acceptors (Lipinski definition) is 6. The van der Waals surface area contributed by atoms with E-state index in [2.05, 4.69) is 20.3 Å². The van der Waals surface area contributed by atoms with Crippen molar-refractivity contribution in [3.8, 4) is 11.3 Å². The van der Waals surface area contributed by atoms with Crippen LogP contribution in [0.3, 0.4) is 0 Å². The second-order valence-electron chi connectivity index (χ2n) is 4.24. The van der Waals surface area contributed by atoms with E-state index < -0.39 is 0 Å². The van der Waals surface area contributed by atoms with Gasteiger partial charge in [0.2, 0.25) is 0 Å². The molecule has 0 fully saturated rings. The summed E-state index contributed by atoms with van der Waals surface area (Å²) >= 11 is 1.35. The van der Waals surface area contributed by atoms with Crippen LogP contribution < -0.4 is 11.1 Å². The van der Waals surface area contributed by atoms with Crippen LogP contribution in [0.5, 0.6) is 0 Å². The van der Waals surface area contributed by atoms with Gasteiger partial charge in [-0.1, -0.05) is 12.1 Å². The Bertz CT molecular complexity index is 772. The van der Waals surface area contributed by atoms with E-state index in [0.29, 0.717) is 16.4 Å². The number of aromatic nitrogens is 3. The second-order valence-corrected chi connectivity index (χ2v) is 5.10. The maximum atomic E-state index is 12.0. The minimum absolute atomic E-state index is 0.288. The molecular formula is C14H11N5OS. The molecule has 1 amide bonds. The molecule has 21 heavy (non-hydrogen) atoms. The molecular weight excluding hydrogens is 286 g/mol. The Morgan fingerprint density at radius 1 is 1.24 bits per heavy atom. The Morgan fingerprint density at radius 3 is 2.81 bits per heavy atom. The smallest absolute Gasteiger partial charge is 0.260 e. The number of carbonyl (C=O) groups excluding carboxylic acids is 1. The Balaban J connectivity index is 1.78. The molecule has 3 N–H and O–H groups in total. The number of nitrogens with two attached hydrogens (primary N) is 1. The molecule has 2 heterocycles. The minimum Gasteiger partial charge on any atom is -0.399 e. The zero-order valence-corrected chi connectivity index (χ0v) is 11.7. The minimum atomic E-state index is -0.288. The molecule has 7 heteroatoms. The van der Waals surface area contributed by atoms with Crippen LogP contribution in [-0.4, -0.2) is 20.9 Å². The number of anilines is 2. The van der Waals surface area contributed by atoms with Gasteiger partial charge in [0, 0.05) is 29.0 Å². The average molecular weight is 297 g/mol. The van der Waals surface area contributed by atoms with Gasteiger partial charge in [0.15, 0.2) is 5.13 Å². The summed E-state index contributed by atoms with van der Waals surface area (Å²) in [5.41, 5.74) is 8.49. The monoisotopic (exact) mass is 297 g/mol. The number of nitrogens with zero attached hydrogens (tertiary/aromatic N) is 3. The molecule has 0 atom stereocenters. The Hall–Kier alpha value is -2.80. The van der Waals surface area contributed by atoms with Crippen molar-refractivity contribution in [3.05, 3.63) is 53.9 Å². The molecule has 3 aromatic rings. The molecule has 1 aromatic carbocycles. The highest BCUT2D eigenvalue weighted by atomic mass is 32.1. The first-order valence-electron chi connectivity index (χ1n) is 6.10. The van der Waals surface area contributed by atoms with E-state index in [1.165, 1.54) is 30.1 Å². The molecule has 0 aliphatic carbocycles. The van der Waals surface area contributed by atoms with Gasteiger partial charge in [-0.25, -0.2) is 15.0 Å². The zero-order chi connectivity index (χ0) is 14.7. The third-order valence-corrected chi connectivity index (χ3v) is 3.49. The van der Waals surface area contributed by atoms with Crippen LogP contribution in [0.1, 0.15) is 10.4 Å². The molecule has 0 saturated heterocycles. The van der Waals surface area contributed by atoms with Gasteiger partial charge in [0.05, 0.1) is 11.3 Å². The lowest BCUT2D eigenvalue weighted by atomic mass is 10.1. The maximum Gasteiger partial charge on any atom is 0.260 e. The molecule has 6 nitrogen and oxygen atoms in total. The van der Waals surface area contributed by atoms with Crippen molar-refractivity contribution >= 4 is 28.1 Å². The van der Waals surface area contributed by atoms with Crippen molar-refractivity contribution in [2.24, 2.45) is 0 Å². The molecule has 104 valence electrons. The van der Waals surface area contributed by atoms with Gasteiger partial charge in [0.1, 0.15) is 6.33 Å². The lowest BCUT2D eigenvalue weighted by Gasteiger charge is -2.00. The fourth-order valence-electron chi connectivity index (χ4n) is 1.75. The third-order valence-electron chi connectivity index (χ3n) is 2.73. The largest absolute Gasteiger partial charge is 0.399 e. The van der Waals surface area contributed by atoms with E-state index >= 15 is 0 Å². The van der Waals surface area contributed by atoms with Crippen molar-refractivity contribution < 1.29 is 4.79 Å². The van der Waals surface area contributed by atoms with Crippen molar-refractivity contribution in [2.45, 2.75) is 0 Å². The van der Waals surface area contributed by atoms with E-state index in [-0.39, 0.29) is 5.91 Å². The lowest BCUT2D eigenvalue weighted by Crippen LogP contribution is -2.12. The van der Waals surface area contributed by atoms with Gasteiger partial charge in [-0.3, -0.25) is 10.1 Å². The Labute approximate surface area is 124 Å². The molecule has 0 radical (unpaired) electrons. The molecule has 3 rings (SSSR count). The van der Waals surface area contributed by atoms with Crippen molar-refractivity contribution in [1.82, 2.24) is 15.0 Å².